The third-order valence-corrected chi connectivity index (χ3v) is 3.72. The summed E-state index contributed by atoms with van der Waals surface area (Å²) in [6, 6.07) is 9.92. The van der Waals surface area contributed by atoms with E-state index in [0.29, 0.717) is 18.1 Å². The molecule has 0 spiro atoms. The molecule has 1 unspecified atom stereocenters. The molecule has 100 valence electrons. The largest absolute Gasteiger partial charge is 0.396 e. The van der Waals surface area contributed by atoms with Crippen molar-refractivity contribution < 1.29 is 9.90 Å². The van der Waals surface area contributed by atoms with Crippen molar-refractivity contribution in [2.75, 3.05) is 12.4 Å². The van der Waals surface area contributed by atoms with E-state index in [1.807, 2.05) is 44.2 Å². The van der Waals surface area contributed by atoms with Crippen molar-refractivity contribution in [3.63, 3.8) is 0 Å². The van der Waals surface area contributed by atoms with E-state index >= 15 is 0 Å². The minimum absolute atomic E-state index is 0.0241. The van der Waals surface area contributed by atoms with E-state index in [9.17, 15) is 4.79 Å². The van der Waals surface area contributed by atoms with E-state index in [2.05, 4.69) is 5.32 Å². The first-order valence-corrected chi connectivity index (χ1v) is 7.20. The Morgan fingerprint density at radius 2 is 2.00 bits per heavy atom. The van der Waals surface area contributed by atoms with Gasteiger partial charge >= 0.3 is 0 Å². The maximum absolute atomic E-state index is 11.8. The second kappa shape index (κ2) is 8.16. The number of carbonyl (C=O) groups is 1. The number of aliphatic hydroxyl groups excluding tert-OH is 1. The number of hydrogen-bond acceptors (Lipinski definition) is 3. The summed E-state index contributed by atoms with van der Waals surface area (Å²) in [7, 11) is 0. The summed E-state index contributed by atoms with van der Waals surface area (Å²) in [4.78, 5) is 12.9. The van der Waals surface area contributed by atoms with Crippen LogP contribution in [0.5, 0.6) is 0 Å². The predicted octanol–water partition coefficient (Wildman–Crippen LogP) is 2.30. The van der Waals surface area contributed by atoms with Gasteiger partial charge in [-0.1, -0.05) is 32.0 Å². The lowest BCUT2D eigenvalue weighted by molar-refractivity contribution is -0.119. The number of hydrogen-bond donors (Lipinski definition) is 2. The Balaban J connectivity index is 2.36. The predicted molar refractivity (Wildman–Crippen MR) is 75.6 cm³/mol. The lowest BCUT2D eigenvalue weighted by Crippen LogP contribution is -2.40. The summed E-state index contributed by atoms with van der Waals surface area (Å²) >= 11 is 1.53. The minimum Gasteiger partial charge on any atom is -0.396 e. The number of rotatable bonds is 7. The third kappa shape index (κ3) is 5.56. The second-order valence-corrected chi connectivity index (χ2v) is 5.58. The fourth-order valence-corrected chi connectivity index (χ4v) is 2.36. The Labute approximate surface area is 113 Å². The minimum atomic E-state index is 0.0241. The highest BCUT2D eigenvalue weighted by Crippen LogP contribution is 2.16. The van der Waals surface area contributed by atoms with Crippen LogP contribution in [-0.4, -0.2) is 29.4 Å². The van der Waals surface area contributed by atoms with Crippen LogP contribution in [-0.2, 0) is 4.79 Å². The highest BCUT2D eigenvalue weighted by Gasteiger charge is 2.15. The Bertz CT molecular complexity index is 354. The van der Waals surface area contributed by atoms with Crippen molar-refractivity contribution >= 4 is 17.7 Å². The van der Waals surface area contributed by atoms with Crippen LogP contribution in [0.2, 0.25) is 0 Å². The Hall–Kier alpha value is -1.00. The van der Waals surface area contributed by atoms with Gasteiger partial charge < -0.3 is 10.4 Å². The Kier molecular flexibility index (Phi) is 6.83. The van der Waals surface area contributed by atoms with E-state index in [1.165, 1.54) is 11.8 Å². The molecule has 0 aromatic heterocycles. The van der Waals surface area contributed by atoms with Gasteiger partial charge in [-0.05, 0) is 24.5 Å². The summed E-state index contributed by atoms with van der Waals surface area (Å²) < 4.78 is 0. The molecule has 0 aliphatic heterocycles. The number of aliphatic hydroxyl groups is 1. The Morgan fingerprint density at radius 1 is 1.33 bits per heavy atom. The third-order valence-electron chi connectivity index (χ3n) is 2.70. The van der Waals surface area contributed by atoms with E-state index in [1.54, 1.807) is 0 Å². The van der Waals surface area contributed by atoms with Gasteiger partial charge in [-0.3, -0.25) is 4.79 Å². The number of benzene rings is 1. The molecule has 1 aromatic rings. The van der Waals surface area contributed by atoms with Gasteiger partial charge in [0, 0.05) is 17.5 Å². The fraction of sp³-hybridized carbons (Fsp3) is 0.500. The smallest absolute Gasteiger partial charge is 0.230 e. The van der Waals surface area contributed by atoms with Crippen LogP contribution < -0.4 is 5.32 Å². The maximum Gasteiger partial charge on any atom is 0.230 e. The molecule has 18 heavy (non-hydrogen) atoms. The normalized spacial score (nSPS) is 12.4. The van der Waals surface area contributed by atoms with Gasteiger partial charge in [0.25, 0.3) is 0 Å². The van der Waals surface area contributed by atoms with E-state index in [0.717, 1.165) is 4.90 Å². The van der Waals surface area contributed by atoms with Crippen molar-refractivity contribution in [2.45, 2.75) is 31.2 Å². The zero-order valence-electron chi connectivity index (χ0n) is 10.9. The van der Waals surface area contributed by atoms with E-state index in [-0.39, 0.29) is 18.6 Å². The van der Waals surface area contributed by atoms with Crippen molar-refractivity contribution in [1.82, 2.24) is 5.32 Å². The van der Waals surface area contributed by atoms with Crippen LogP contribution >= 0.6 is 11.8 Å². The lowest BCUT2D eigenvalue weighted by Gasteiger charge is -2.21. The molecule has 1 amide bonds. The van der Waals surface area contributed by atoms with Crippen molar-refractivity contribution in [2.24, 2.45) is 5.92 Å². The van der Waals surface area contributed by atoms with Crippen molar-refractivity contribution in [3.05, 3.63) is 30.3 Å². The van der Waals surface area contributed by atoms with Crippen LogP contribution in [0.4, 0.5) is 0 Å². The molecule has 4 heteroatoms. The summed E-state index contributed by atoms with van der Waals surface area (Å²) in [6.07, 6.45) is 0.611. The topological polar surface area (TPSA) is 49.3 Å². The second-order valence-electron chi connectivity index (χ2n) is 4.53. The molecular weight excluding hydrogens is 246 g/mol. The first-order chi connectivity index (χ1) is 8.63. The first kappa shape index (κ1) is 15.1. The van der Waals surface area contributed by atoms with Gasteiger partial charge in [0.2, 0.25) is 5.91 Å². The van der Waals surface area contributed by atoms with Gasteiger partial charge in [-0.15, -0.1) is 11.8 Å². The van der Waals surface area contributed by atoms with Crippen LogP contribution in [0.25, 0.3) is 0 Å². The van der Waals surface area contributed by atoms with E-state index in [4.69, 9.17) is 5.11 Å². The Morgan fingerprint density at radius 3 is 2.56 bits per heavy atom. The lowest BCUT2D eigenvalue weighted by atomic mass is 10.0. The molecule has 0 saturated carbocycles. The van der Waals surface area contributed by atoms with Gasteiger partial charge in [0.15, 0.2) is 0 Å². The van der Waals surface area contributed by atoms with Gasteiger partial charge in [-0.25, -0.2) is 0 Å². The fourth-order valence-electron chi connectivity index (χ4n) is 1.63. The van der Waals surface area contributed by atoms with Crippen molar-refractivity contribution in [3.8, 4) is 0 Å². The molecule has 0 saturated heterocycles. The zero-order chi connectivity index (χ0) is 13.4. The molecule has 1 aromatic carbocycles. The summed E-state index contributed by atoms with van der Waals surface area (Å²) in [5, 5.41) is 11.9. The monoisotopic (exact) mass is 267 g/mol. The maximum atomic E-state index is 11.8. The SMILES string of the molecule is CC(C)C(CCO)NC(=O)CSc1ccccc1. The molecule has 0 heterocycles. The average molecular weight is 267 g/mol. The first-order valence-electron chi connectivity index (χ1n) is 6.21. The molecule has 0 bridgehead atoms. The summed E-state index contributed by atoms with van der Waals surface area (Å²) in [5.41, 5.74) is 0. The molecule has 0 fully saturated rings. The van der Waals surface area contributed by atoms with E-state index < -0.39 is 0 Å². The number of thioether (sulfide) groups is 1. The van der Waals surface area contributed by atoms with Crippen LogP contribution in [0.3, 0.4) is 0 Å². The number of amides is 1. The highest BCUT2D eigenvalue weighted by atomic mass is 32.2. The summed E-state index contributed by atoms with van der Waals surface area (Å²) in [6.45, 7) is 4.20. The molecule has 3 nitrogen and oxygen atoms in total. The number of nitrogens with one attached hydrogen (secondary N) is 1. The van der Waals surface area contributed by atoms with Crippen LogP contribution in [0.15, 0.2) is 35.2 Å². The molecule has 0 aliphatic rings. The standard InChI is InChI=1S/C14H21NO2S/c1-11(2)13(8-9-16)15-14(17)10-18-12-6-4-3-5-7-12/h3-7,11,13,16H,8-10H2,1-2H3,(H,15,17). The summed E-state index contributed by atoms with van der Waals surface area (Å²) in [5.74, 6) is 0.775. The highest BCUT2D eigenvalue weighted by molar-refractivity contribution is 8.00. The zero-order valence-corrected chi connectivity index (χ0v) is 11.7. The molecule has 0 aliphatic carbocycles. The van der Waals surface area contributed by atoms with Crippen molar-refractivity contribution in [1.29, 1.82) is 0 Å². The average Bonchev–Trinajstić information content (AvgIpc) is 2.37. The number of carbonyl (C=O) groups excluding carboxylic acids is 1. The molecular formula is C14H21NO2S. The van der Waals surface area contributed by atoms with Crippen LogP contribution in [0, 0.1) is 5.92 Å². The van der Waals surface area contributed by atoms with Crippen LogP contribution in [0.1, 0.15) is 20.3 Å². The molecule has 2 N–H and O–H groups in total. The van der Waals surface area contributed by atoms with Gasteiger partial charge in [0.05, 0.1) is 5.75 Å². The molecule has 0 radical (unpaired) electrons. The van der Waals surface area contributed by atoms with Gasteiger partial charge in [-0.2, -0.15) is 0 Å². The molecule has 1 rings (SSSR count). The quantitative estimate of drug-likeness (QED) is 0.745. The molecule has 1 atom stereocenters. The van der Waals surface area contributed by atoms with Gasteiger partial charge in [0.1, 0.15) is 0 Å².